The number of nitro benzene ring substituents is 1. The molecule has 2 rings (SSSR count). The number of benzene rings is 2. The highest BCUT2D eigenvalue weighted by molar-refractivity contribution is 8.02. The molecule has 0 fully saturated rings. The Morgan fingerprint density at radius 1 is 1.26 bits per heavy atom. The summed E-state index contributed by atoms with van der Waals surface area (Å²) in [4.78, 5) is 22.0. The Morgan fingerprint density at radius 2 is 1.96 bits per heavy atom. The summed E-state index contributed by atoms with van der Waals surface area (Å²) in [7, 11) is 0. The number of hydrogen-bond acceptors (Lipinski definition) is 6. The van der Waals surface area contributed by atoms with E-state index in [0.717, 1.165) is 12.0 Å². The van der Waals surface area contributed by atoms with E-state index in [2.05, 4.69) is 5.32 Å². The van der Waals surface area contributed by atoms with Gasteiger partial charge in [0.15, 0.2) is 0 Å². The summed E-state index contributed by atoms with van der Waals surface area (Å²) < 4.78 is 0. The van der Waals surface area contributed by atoms with Crippen LogP contribution in [0, 0.1) is 21.4 Å². The summed E-state index contributed by atoms with van der Waals surface area (Å²) in [6.07, 6.45) is 0.898. The smallest absolute Gasteiger partial charge is 0.269 e. The average Bonchev–Trinajstić information content (AvgIpc) is 2.67. The molecule has 0 aliphatic heterocycles. The van der Waals surface area contributed by atoms with E-state index < -0.39 is 10.8 Å². The fraction of sp³-hybridized carbons (Fsp3) is 0.158. The highest BCUT2D eigenvalue weighted by atomic mass is 32.2. The van der Waals surface area contributed by atoms with Crippen molar-refractivity contribution in [1.29, 1.82) is 5.26 Å². The number of nitro groups is 1. The Balaban J connectivity index is 2.25. The normalized spacial score (nSPS) is 11.3. The van der Waals surface area contributed by atoms with E-state index in [4.69, 9.17) is 5.73 Å². The third-order valence-corrected chi connectivity index (χ3v) is 4.78. The first kappa shape index (κ1) is 20.0. The Bertz CT molecular complexity index is 917. The molecule has 0 saturated heterocycles. The largest absolute Gasteiger partial charge is 0.365 e. The second kappa shape index (κ2) is 9.40. The van der Waals surface area contributed by atoms with Gasteiger partial charge in [0.2, 0.25) is 0 Å². The first-order chi connectivity index (χ1) is 12.9. The van der Waals surface area contributed by atoms with Crippen molar-refractivity contribution >= 4 is 29.0 Å². The highest BCUT2D eigenvalue weighted by Gasteiger charge is 2.15. The molecule has 0 aliphatic carbocycles. The molecule has 7 nitrogen and oxygen atoms in total. The SMILES string of the molecule is CCc1ccc(NC(SCc2cccc([N+](=O)[O-])c2)=C(C#N)C(N)=O)cc1. The van der Waals surface area contributed by atoms with Crippen LogP contribution in [0.15, 0.2) is 59.1 Å². The summed E-state index contributed by atoms with van der Waals surface area (Å²) in [5.74, 6) is -0.507. The first-order valence-corrected chi connectivity index (χ1v) is 9.09. The van der Waals surface area contributed by atoms with Gasteiger partial charge in [-0.1, -0.05) is 31.2 Å². The number of nitrogens with one attached hydrogen (secondary N) is 1. The maximum Gasteiger partial charge on any atom is 0.269 e. The minimum atomic E-state index is -0.836. The van der Waals surface area contributed by atoms with Gasteiger partial charge in [0.05, 0.1) is 9.95 Å². The van der Waals surface area contributed by atoms with Gasteiger partial charge in [-0.2, -0.15) is 5.26 Å². The average molecular weight is 382 g/mol. The number of hydrogen-bond donors (Lipinski definition) is 2. The lowest BCUT2D eigenvalue weighted by atomic mass is 10.1. The van der Waals surface area contributed by atoms with Crippen molar-refractivity contribution < 1.29 is 9.72 Å². The molecule has 2 aromatic rings. The number of amides is 1. The number of nitrogens with zero attached hydrogens (tertiary/aromatic N) is 2. The summed E-state index contributed by atoms with van der Waals surface area (Å²) in [6.45, 7) is 2.05. The van der Waals surface area contributed by atoms with E-state index in [1.54, 1.807) is 12.1 Å². The van der Waals surface area contributed by atoms with E-state index in [1.165, 1.54) is 23.9 Å². The molecular weight excluding hydrogens is 364 g/mol. The lowest BCUT2D eigenvalue weighted by molar-refractivity contribution is -0.384. The Labute approximate surface area is 161 Å². The molecule has 0 unspecified atom stereocenters. The molecule has 0 aliphatic rings. The number of rotatable bonds is 8. The number of thioether (sulfide) groups is 1. The quantitative estimate of drug-likeness (QED) is 0.310. The van der Waals surface area contributed by atoms with Crippen LogP contribution in [-0.2, 0) is 17.0 Å². The number of non-ortho nitro benzene ring substituents is 1. The molecule has 0 atom stereocenters. The van der Waals surface area contributed by atoms with Crippen LogP contribution in [0.3, 0.4) is 0 Å². The predicted octanol–water partition coefficient (Wildman–Crippen LogP) is 3.72. The van der Waals surface area contributed by atoms with Crippen LogP contribution < -0.4 is 11.1 Å². The van der Waals surface area contributed by atoms with Gasteiger partial charge in [-0.05, 0) is 29.7 Å². The predicted molar refractivity (Wildman–Crippen MR) is 106 cm³/mol. The zero-order valence-electron chi connectivity index (χ0n) is 14.6. The van der Waals surface area contributed by atoms with Crippen LogP contribution in [0.2, 0.25) is 0 Å². The molecule has 8 heteroatoms. The third kappa shape index (κ3) is 5.59. The second-order valence-electron chi connectivity index (χ2n) is 5.57. The van der Waals surface area contributed by atoms with Gasteiger partial charge in [0.25, 0.3) is 11.6 Å². The number of nitrogens with two attached hydrogens (primary N) is 1. The van der Waals surface area contributed by atoms with Crippen LogP contribution >= 0.6 is 11.8 Å². The van der Waals surface area contributed by atoms with Crippen LogP contribution in [0.5, 0.6) is 0 Å². The lowest BCUT2D eigenvalue weighted by Crippen LogP contribution is -2.16. The van der Waals surface area contributed by atoms with E-state index in [9.17, 15) is 20.2 Å². The molecule has 2 aromatic carbocycles. The van der Waals surface area contributed by atoms with Crippen LogP contribution in [0.25, 0.3) is 0 Å². The minimum absolute atomic E-state index is 0.0165. The second-order valence-corrected chi connectivity index (χ2v) is 6.56. The monoisotopic (exact) mass is 382 g/mol. The van der Waals surface area contributed by atoms with Crippen molar-refractivity contribution in [2.45, 2.75) is 19.1 Å². The van der Waals surface area contributed by atoms with Crippen LogP contribution in [-0.4, -0.2) is 10.8 Å². The molecule has 0 heterocycles. The number of primary amides is 1. The summed E-state index contributed by atoms with van der Waals surface area (Å²) in [5, 5.41) is 23.6. The van der Waals surface area contributed by atoms with E-state index >= 15 is 0 Å². The number of anilines is 1. The molecular formula is C19H18N4O3S. The molecule has 0 bridgehead atoms. The number of carbonyl (C=O) groups is 1. The highest BCUT2D eigenvalue weighted by Crippen LogP contribution is 2.27. The van der Waals surface area contributed by atoms with Crippen molar-refractivity contribution in [2.24, 2.45) is 5.73 Å². The van der Waals surface area contributed by atoms with Gasteiger partial charge in [0.1, 0.15) is 11.6 Å². The number of nitriles is 1. The molecule has 0 aromatic heterocycles. The molecule has 27 heavy (non-hydrogen) atoms. The number of carbonyl (C=O) groups excluding carboxylic acids is 1. The molecule has 138 valence electrons. The van der Waals surface area contributed by atoms with Crippen molar-refractivity contribution in [2.75, 3.05) is 5.32 Å². The van der Waals surface area contributed by atoms with Crippen molar-refractivity contribution in [3.8, 4) is 6.07 Å². The fourth-order valence-electron chi connectivity index (χ4n) is 2.26. The fourth-order valence-corrected chi connectivity index (χ4v) is 3.23. The Kier molecular flexibility index (Phi) is 6.97. The van der Waals surface area contributed by atoms with Crippen molar-refractivity contribution in [3.63, 3.8) is 0 Å². The Morgan fingerprint density at radius 3 is 2.52 bits per heavy atom. The van der Waals surface area contributed by atoms with Crippen LogP contribution in [0.4, 0.5) is 11.4 Å². The zero-order chi connectivity index (χ0) is 19.8. The van der Waals surface area contributed by atoms with E-state index in [-0.39, 0.29) is 11.3 Å². The maximum absolute atomic E-state index is 11.6. The summed E-state index contributed by atoms with van der Waals surface area (Å²) >= 11 is 1.18. The minimum Gasteiger partial charge on any atom is -0.365 e. The van der Waals surface area contributed by atoms with E-state index in [1.807, 2.05) is 37.3 Å². The van der Waals surface area contributed by atoms with Gasteiger partial charge in [-0.25, -0.2) is 0 Å². The van der Waals surface area contributed by atoms with Crippen molar-refractivity contribution in [3.05, 3.63) is 80.4 Å². The molecule has 0 radical (unpaired) electrons. The molecule has 3 N–H and O–H groups in total. The van der Waals surface area contributed by atoms with Crippen LogP contribution in [0.1, 0.15) is 18.1 Å². The van der Waals surface area contributed by atoms with Gasteiger partial charge < -0.3 is 11.1 Å². The maximum atomic E-state index is 11.6. The van der Waals surface area contributed by atoms with Gasteiger partial charge in [-0.15, -0.1) is 11.8 Å². The zero-order valence-corrected chi connectivity index (χ0v) is 15.5. The summed E-state index contributed by atoms with van der Waals surface area (Å²) in [6, 6.07) is 15.6. The topological polar surface area (TPSA) is 122 Å². The Hall–Kier alpha value is -3.31. The van der Waals surface area contributed by atoms with Gasteiger partial charge in [-0.3, -0.25) is 14.9 Å². The number of aryl methyl sites for hydroxylation is 1. The molecule has 0 saturated carbocycles. The molecule has 0 spiro atoms. The van der Waals surface area contributed by atoms with E-state index in [0.29, 0.717) is 22.0 Å². The van der Waals surface area contributed by atoms with Gasteiger partial charge in [0, 0.05) is 23.6 Å². The molecule has 1 amide bonds. The van der Waals surface area contributed by atoms with Gasteiger partial charge >= 0.3 is 0 Å². The standard InChI is InChI=1S/C19H18N4O3S/c1-2-13-6-8-15(9-7-13)22-19(17(11-20)18(21)24)27-12-14-4-3-5-16(10-14)23(25)26/h3-10,22H,2,12H2,1H3,(H2,21,24). The third-order valence-electron chi connectivity index (χ3n) is 3.71. The van der Waals surface area contributed by atoms with Crippen molar-refractivity contribution in [1.82, 2.24) is 0 Å². The first-order valence-electron chi connectivity index (χ1n) is 8.10. The lowest BCUT2D eigenvalue weighted by Gasteiger charge is -2.12. The summed E-state index contributed by atoms with van der Waals surface area (Å²) in [5.41, 5.74) is 7.67.